The van der Waals surface area contributed by atoms with Gasteiger partial charge in [-0.05, 0) is 24.3 Å². The lowest BCUT2D eigenvalue weighted by Gasteiger charge is -2.29. The summed E-state index contributed by atoms with van der Waals surface area (Å²) in [6.07, 6.45) is 4.25. The molecule has 1 aliphatic rings. The lowest BCUT2D eigenvalue weighted by atomic mass is 9.98. The van der Waals surface area contributed by atoms with Crippen LogP contribution in [0.5, 0.6) is 0 Å². The van der Waals surface area contributed by atoms with Gasteiger partial charge >= 0.3 is 0 Å². The average Bonchev–Trinajstić information content (AvgIpc) is 2.52. The van der Waals surface area contributed by atoms with E-state index in [-0.39, 0.29) is 10.6 Å². The molecule has 1 aliphatic carbocycles. The Kier molecular flexibility index (Phi) is 4.95. The number of benzene rings is 1. The molecule has 0 spiro atoms. The van der Waals surface area contributed by atoms with Gasteiger partial charge < -0.3 is 9.47 Å². The van der Waals surface area contributed by atoms with Crippen LogP contribution in [0.4, 0.5) is 5.69 Å². The van der Waals surface area contributed by atoms with Crippen molar-refractivity contribution in [2.45, 2.75) is 16.7 Å². The minimum absolute atomic E-state index is 0.0309. The number of azo groups is 1. The lowest BCUT2D eigenvalue weighted by molar-refractivity contribution is 0.0868. The molecule has 0 saturated carbocycles. The average molecular weight is 339 g/mol. The fourth-order valence-electron chi connectivity index (χ4n) is 2.07. The van der Waals surface area contributed by atoms with Crippen molar-refractivity contribution in [3.05, 3.63) is 48.3 Å². The molecule has 0 heterocycles. The zero-order valence-electron chi connectivity index (χ0n) is 12.6. The molecule has 0 radical (unpaired) electrons. The van der Waals surface area contributed by atoms with E-state index in [1.807, 2.05) is 0 Å². The molecule has 23 heavy (non-hydrogen) atoms. The molecule has 0 bridgehead atoms. The van der Waals surface area contributed by atoms with Crippen LogP contribution in [-0.2, 0) is 19.6 Å². The minimum Gasteiger partial charge on any atom is -0.497 e. The van der Waals surface area contributed by atoms with Gasteiger partial charge in [-0.25, -0.2) is 0 Å². The Morgan fingerprint density at radius 1 is 1.30 bits per heavy atom. The number of hydrogen-bond donors (Lipinski definition) is 2. The smallest absolute Gasteiger partial charge is 0.296 e. The molecule has 9 heteroatoms. The zero-order valence-corrected chi connectivity index (χ0v) is 13.4. The predicted molar refractivity (Wildman–Crippen MR) is 82.7 cm³/mol. The van der Waals surface area contributed by atoms with Crippen LogP contribution in [-0.4, -0.2) is 39.0 Å². The summed E-state index contributed by atoms with van der Waals surface area (Å²) in [5.74, 6) is 0.475. The highest BCUT2D eigenvalue weighted by atomic mass is 32.2. The molecule has 124 valence electrons. The molecule has 1 aromatic carbocycles. The molecule has 0 aliphatic heterocycles. The van der Waals surface area contributed by atoms with Gasteiger partial charge in [0, 0.05) is 13.2 Å². The second kappa shape index (κ2) is 6.59. The Hall–Kier alpha value is -2.07. The topological polar surface area (TPSA) is 124 Å². The van der Waals surface area contributed by atoms with Crippen molar-refractivity contribution in [2.24, 2.45) is 16.0 Å². The van der Waals surface area contributed by atoms with E-state index in [9.17, 15) is 13.0 Å². The molecule has 8 nitrogen and oxygen atoms in total. The first-order valence-electron chi connectivity index (χ1n) is 6.56. The number of nitrogens with two attached hydrogens (primary N) is 1. The third-order valence-corrected chi connectivity index (χ3v) is 4.13. The highest BCUT2D eigenvalue weighted by Gasteiger charge is 2.35. The van der Waals surface area contributed by atoms with Crippen molar-refractivity contribution < 1.29 is 22.4 Å². The molecule has 2 rings (SSSR count). The maximum atomic E-state index is 11.4. The minimum atomic E-state index is -4.42. The molecular weight excluding hydrogens is 322 g/mol. The summed E-state index contributed by atoms with van der Waals surface area (Å²) < 4.78 is 42.3. The zero-order chi connectivity index (χ0) is 17.1. The first-order chi connectivity index (χ1) is 10.8. The SMILES string of the molecule is COC1=CC(N)(N=Nc2ccccc2S(=O)(=O)O)C(OC)C=C1. The van der Waals surface area contributed by atoms with Gasteiger partial charge in [0.25, 0.3) is 10.1 Å². The molecule has 0 saturated heterocycles. The van der Waals surface area contributed by atoms with Crippen LogP contribution in [0, 0.1) is 0 Å². The van der Waals surface area contributed by atoms with E-state index in [0.717, 1.165) is 0 Å². The van der Waals surface area contributed by atoms with E-state index in [4.69, 9.17) is 15.2 Å². The molecule has 2 unspecified atom stereocenters. The summed E-state index contributed by atoms with van der Waals surface area (Å²) in [6.45, 7) is 0. The van der Waals surface area contributed by atoms with Crippen molar-refractivity contribution in [3.63, 3.8) is 0 Å². The Morgan fingerprint density at radius 2 is 2.00 bits per heavy atom. The summed E-state index contributed by atoms with van der Waals surface area (Å²) in [7, 11) is -1.48. The van der Waals surface area contributed by atoms with Crippen molar-refractivity contribution in [2.75, 3.05) is 14.2 Å². The lowest BCUT2D eigenvalue weighted by Crippen LogP contribution is -2.48. The summed E-state index contributed by atoms with van der Waals surface area (Å²) in [5, 5.41) is 7.89. The van der Waals surface area contributed by atoms with Gasteiger partial charge in [-0.3, -0.25) is 10.3 Å². The molecule has 1 aromatic rings. The van der Waals surface area contributed by atoms with Gasteiger partial charge in [0.15, 0.2) is 5.66 Å². The number of allylic oxidation sites excluding steroid dienone is 1. The van der Waals surface area contributed by atoms with Crippen LogP contribution < -0.4 is 5.73 Å². The van der Waals surface area contributed by atoms with E-state index in [1.54, 1.807) is 18.2 Å². The van der Waals surface area contributed by atoms with Crippen LogP contribution >= 0.6 is 0 Å². The van der Waals surface area contributed by atoms with Crippen molar-refractivity contribution in [3.8, 4) is 0 Å². The van der Waals surface area contributed by atoms with Gasteiger partial charge in [0.05, 0.1) is 7.11 Å². The van der Waals surface area contributed by atoms with Crippen LogP contribution in [0.25, 0.3) is 0 Å². The van der Waals surface area contributed by atoms with Crippen molar-refractivity contribution in [1.82, 2.24) is 0 Å². The van der Waals surface area contributed by atoms with Gasteiger partial charge in [-0.1, -0.05) is 12.1 Å². The molecule has 3 N–H and O–H groups in total. The predicted octanol–water partition coefficient (Wildman–Crippen LogP) is 1.79. The highest BCUT2D eigenvalue weighted by Crippen LogP contribution is 2.28. The number of rotatable bonds is 5. The first-order valence-corrected chi connectivity index (χ1v) is 8.00. The van der Waals surface area contributed by atoms with E-state index in [2.05, 4.69) is 10.2 Å². The largest absolute Gasteiger partial charge is 0.497 e. The molecule has 0 aromatic heterocycles. The summed E-state index contributed by atoms with van der Waals surface area (Å²) in [4.78, 5) is -0.358. The van der Waals surface area contributed by atoms with E-state index >= 15 is 0 Å². The third kappa shape index (κ3) is 3.82. The second-order valence-electron chi connectivity index (χ2n) is 4.80. The first kappa shape index (κ1) is 17.3. The Balaban J connectivity index is 2.43. The Morgan fingerprint density at radius 3 is 2.61 bits per heavy atom. The molecule has 2 atom stereocenters. The summed E-state index contributed by atoms with van der Waals surface area (Å²) >= 11 is 0. The highest BCUT2D eigenvalue weighted by molar-refractivity contribution is 7.86. The maximum absolute atomic E-state index is 11.4. The van der Waals surface area contributed by atoms with E-state index in [1.165, 1.54) is 38.5 Å². The molecule has 0 fully saturated rings. The fraction of sp³-hybridized carbons (Fsp3) is 0.286. The Labute approximate surface area is 134 Å². The number of ether oxygens (including phenoxy) is 2. The number of nitrogens with zero attached hydrogens (tertiary/aromatic N) is 2. The standard InChI is InChI=1S/C14H17N3O5S/c1-21-10-7-8-13(22-2)14(15,9-10)17-16-11-5-3-4-6-12(11)23(18,19)20/h3-9,13H,15H2,1-2H3,(H,18,19,20). The van der Waals surface area contributed by atoms with Gasteiger partial charge in [0.2, 0.25) is 0 Å². The maximum Gasteiger partial charge on any atom is 0.296 e. The monoisotopic (exact) mass is 339 g/mol. The van der Waals surface area contributed by atoms with Crippen LogP contribution in [0.15, 0.2) is 63.4 Å². The van der Waals surface area contributed by atoms with E-state index < -0.39 is 21.9 Å². The quantitative estimate of drug-likeness (QED) is 0.622. The van der Waals surface area contributed by atoms with Crippen molar-refractivity contribution >= 4 is 15.8 Å². The number of hydrogen-bond acceptors (Lipinski definition) is 7. The summed E-state index contributed by atoms with van der Waals surface area (Å²) in [5.41, 5.74) is 4.78. The number of methoxy groups -OCH3 is 2. The summed E-state index contributed by atoms with van der Waals surface area (Å²) in [6, 6.07) is 5.65. The van der Waals surface area contributed by atoms with Gasteiger partial charge in [0.1, 0.15) is 22.4 Å². The Bertz CT molecular complexity index is 772. The van der Waals surface area contributed by atoms with Gasteiger partial charge in [-0.2, -0.15) is 18.6 Å². The third-order valence-electron chi connectivity index (χ3n) is 3.23. The van der Waals surface area contributed by atoms with E-state index in [0.29, 0.717) is 5.76 Å². The van der Waals surface area contributed by atoms with Crippen LogP contribution in [0.3, 0.4) is 0 Å². The van der Waals surface area contributed by atoms with Crippen LogP contribution in [0.2, 0.25) is 0 Å². The fourth-order valence-corrected chi connectivity index (χ4v) is 2.70. The normalized spacial score (nSPS) is 24.7. The molecule has 0 amide bonds. The van der Waals surface area contributed by atoms with Crippen LogP contribution in [0.1, 0.15) is 0 Å². The second-order valence-corrected chi connectivity index (χ2v) is 6.19. The van der Waals surface area contributed by atoms with Crippen molar-refractivity contribution in [1.29, 1.82) is 0 Å². The van der Waals surface area contributed by atoms with Gasteiger partial charge in [-0.15, -0.1) is 0 Å². The molecular formula is C14H17N3O5S.